The van der Waals surface area contributed by atoms with Gasteiger partial charge in [0.1, 0.15) is 5.75 Å². The highest BCUT2D eigenvalue weighted by molar-refractivity contribution is 6.46. The molecule has 0 saturated heterocycles. The molecule has 0 unspecified atom stereocenters. The number of ether oxygens (including phenoxy) is 2. The van der Waals surface area contributed by atoms with Crippen molar-refractivity contribution in [2.75, 3.05) is 0 Å². The Bertz CT molecular complexity index is 547. The van der Waals surface area contributed by atoms with E-state index in [0.29, 0.717) is 19.0 Å². The van der Waals surface area contributed by atoms with Crippen LogP contribution >= 0.6 is 0 Å². The van der Waals surface area contributed by atoms with E-state index in [9.17, 15) is 5.02 Å². The lowest BCUT2D eigenvalue weighted by atomic mass is 9.89. The van der Waals surface area contributed by atoms with Gasteiger partial charge in [0.2, 0.25) is 5.79 Å². The van der Waals surface area contributed by atoms with Gasteiger partial charge in [-0.15, -0.1) is 0 Å². The van der Waals surface area contributed by atoms with Crippen molar-refractivity contribution in [1.82, 2.24) is 15.5 Å². The lowest BCUT2D eigenvalue weighted by molar-refractivity contribution is -0.180. The van der Waals surface area contributed by atoms with Crippen molar-refractivity contribution in [3.63, 3.8) is 0 Å². The van der Waals surface area contributed by atoms with E-state index in [1.807, 2.05) is 27.0 Å². The molecule has 1 aliphatic rings. The molecule has 0 aromatic carbocycles. The first-order chi connectivity index (χ1) is 9.78. The first-order valence-corrected chi connectivity index (χ1v) is 6.96. The molecule has 6 nitrogen and oxygen atoms in total. The molecule has 2 rings (SSSR count). The minimum absolute atomic E-state index is 0.485. The Morgan fingerprint density at radius 1 is 1.57 bits per heavy atom. The van der Waals surface area contributed by atoms with Gasteiger partial charge >= 0.3 is 7.05 Å². The van der Waals surface area contributed by atoms with Crippen LogP contribution in [0.1, 0.15) is 30.7 Å². The molecule has 0 atom stereocenters. The number of pyridine rings is 1. The molecule has 0 amide bonds. The highest BCUT2D eigenvalue weighted by Crippen LogP contribution is 2.34. The molecule has 0 saturated carbocycles. The van der Waals surface area contributed by atoms with Gasteiger partial charge in [-0.1, -0.05) is 6.58 Å². The lowest BCUT2D eigenvalue weighted by Gasteiger charge is -2.34. The molecule has 3 N–H and O–H groups in total. The molecule has 2 heterocycles. The van der Waals surface area contributed by atoms with Crippen molar-refractivity contribution < 1.29 is 14.5 Å². The predicted molar refractivity (Wildman–Crippen MR) is 81.4 cm³/mol. The number of fused-ring (bicyclic) bond motifs is 1. The Balaban J connectivity index is 2.14. The van der Waals surface area contributed by atoms with E-state index in [0.717, 1.165) is 22.6 Å². The molecular formula is C14H22BN3O3. The summed E-state index contributed by atoms with van der Waals surface area (Å²) in [5.41, 5.74) is 2.84. The van der Waals surface area contributed by atoms with Gasteiger partial charge in [0.25, 0.3) is 0 Å². The number of aromatic nitrogens is 1. The maximum atomic E-state index is 9.24. The first-order valence-electron chi connectivity index (χ1n) is 6.96. The van der Waals surface area contributed by atoms with Crippen LogP contribution in [-0.2, 0) is 17.9 Å². The fraction of sp³-hybridized carbons (Fsp3) is 0.500. The van der Waals surface area contributed by atoms with Crippen molar-refractivity contribution >= 4 is 7.05 Å². The summed E-state index contributed by atoms with van der Waals surface area (Å²) in [5, 5.41) is 15.1. The van der Waals surface area contributed by atoms with Crippen LogP contribution in [0.5, 0.6) is 5.75 Å². The summed E-state index contributed by atoms with van der Waals surface area (Å²) < 4.78 is 11.6. The summed E-state index contributed by atoms with van der Waals surface area (Å²) >= 11 is 0. The highest BCUT2D eigenvalue weighted by Gasteiger charge is 2.30. The SMILES string of the molecule is C=C(NCc1cnc(C)c2c1COC(C)(C)O2)NB(C)O. The molecule has 0 radical (unpaired) electrons. The van der Waals surface area contributed by atoms with E-state index < -0.39 is 12.8 Å². The van der Waals surface area contributed by atoms with Gasteiger partial charge in [0, 0.05) is 32.2 Å². The summed E-state index contributed by atoms with van der Waals surface area (Å²) in [6, 6.07) is 0. The van der Waals surface area contributed by atoms with Gasteiger partial charge in [0.15, 0.2) is 0 Å². The number of nitrogens with zero attached hydrogens (tertiary/aromatic N) is 1. The third kappa shape index (κ3) is 3.89. The second kappa shape index (κ2) is 5.95. The molecule has 0 aliphatic carbocycles. The van der Waals surface area contributed by atoms with Crippen LogP contribution < -0.4 is 15.3 Å². The van der Waals surface area contributed by atoms with Gasteiger partial charge in [-0.25, -0.2) is 0 Å². The zero-order valence-electron chi connectivity index (χ0n) is 13.0. The van der Waals surface area contributed by atoms with Crippen LogP contribution in [-0.4, -0.2) is 22.8 Å². The molecular weight excluding hydrogens is 269 g/mol. The first kappa shape index (κ1) is 15.7. The largest absolute Gasteiger partial charge is 0.461 e. The lowest BCUT2D eigenvalue weighted by Crippen LogP contribution is -2.37. The third-order valence-electron chi connectivity index (χ3n) is 3.19. The molecule has 0 bridgehead atoms. The van der Waals surface area contributed by atoms with Crippen LogP contribution in [0, 0.1) is 6.92 Å². The minimum atomic E-state index is -0.650. The fourth-order valence-electron chi connectivity index (χ4n) is 2.15. The Kier molecular flexibility index (Phi) is 4.44. The molecule has 0 spiro atoms. The zero-order valence-corrected chi connectivity index (χ0v) is 13.0. The van der Waals surface area contributed by atoms with Gasteiger partial charge in [-0.05, 0) is 19.3 Å². The molecule has 7 heteroatoms. The summed E-state index contributed by atoms with van der Waals surface area (Å²) in [6.07, 6.45) is 1.81. The third-order valence-corrected chi connectivity index (χ3v) is 3.19. The van der Waals surface area contributed by atoms with Crippen LogP contribution in [0.3, 0.4) is 0 Å². The number of aryl methyl sites for hydroxylation is 1. The van der Waals surface area contributed by atoms with E-state index in [2.05, 4.69) is 22.1 Å². The summed E-state index contributed by atoms with van der Waals surface area (Å²) in [6.45, 7) is 12.1. The molecule has 21 heavy (non-hydrogen) atoms. The summed E-state index contributed by atoms with van der Waals surface area (Å²) in [5.74, 6) is 0.708. The quantitative estimate of drug-likeness (QED) is 0.710. The monoisotopic (exact) mass is 291 g/mol. The molecule has 1 aliphatic heterocycles. The number of rotatable bonds is 5. The molecule has 1 aromatic heterocycles. The smallest absolute Gasteiger partial charge is 0.407 e. The van der Waals surface area contributed by atoms with E-state index in [-0.39, 0.29) is 0 Å². The second-order valence-corrected chi connectivity index (χ2v) is 5.62. The number of hydrogen-bond donors (Lipinski definition) is 3. The topological polar surface area (TPSA) is 75.6 Å². The average molecular weight is 291 g/mol. The van der Waals surface area contributed by atoms with Gasteiger partial charge < -0.3 is 25.0 Å². The second-order valence-electron chi connectivity index (χ2n) is 5.62. The van der Waals surface area contributed by atoms with Crippen molar-refractivity contribution in [2.24, 2.45) is 0 Å². The van der Waals surface area contributed by atoms with E-state index >= 15 is 0 Å². The Hall–Kier alpha value is -1.73. The van der Waals surface area contributed by atoms with Crippen LogP contribution in [0.2, 0.25) is 6.82 Å². The fourth-order valence-corrected chi connectivity index (χ4v) is 2.15. The molecule has 0 fully saturated rings. The van der Waals surface area contributed by atoms with Gasteiger partial charge in [-0.2, -0.15) is 0 Å². The Morgan fingerprint density at radius 2 is 2.29 bits per heavy atom. The van der Waals surface area contributed by atoms with Crippen LogP contribution in [0.25, 0.3) is 0 Å². The minimum Gasteiger partial charge on any atom is -0.461 e. The normalized spacial score (nSPS) is 15.7. The van der Waals surface area contributed by atoms with Crippen LogP contribution in [0.4, 0.5) is 0 Å². The average Bonchev–Trinajstić information content (AvgIpc) is 2.37. The van der Waals surface area contributed by atoms with Crippen molar-refractivity contribution in [2.45, 2.75) is 46.5 Å². The van der Waals surface area contributed by atoms with E-state index in [4.69, 9.17) is 9.47 Å². The summed E-state index contributed by atoms with van der Waals surface area (Å²) in [7, 11) is -0.650. The number of hydrogen-bond acceptors (Lipinski definition) is 6. The molecule has 1 aromatic rings. The van der Waals surface area contributed by atoms with Crippen LogP contribution in [0.15, 0.2) is 18.6 Å². The van der Waals surface area contributed by atoms with Crippen molar-refractivity contribution in [3.05, 3.63) is 35.4 Å². The zero-order chi connectivity index (χ0) is 15.6. The van der Waals surface area contributed by atoms with Crippen molar-refractivity contribution in [3.8, 4) is 5.75 Å². The highest BCUT2D eigenvalue weighted by atomic mass is 16.7. The Labute approximate surface area is 125 Å². The van der Waals surface area contributed by atoms with Gasteiger partial charge in [-0.3, -0.25) is 4.98 Å². The molecule has 114 valence electrons. The number of nitrogens with one attached hydrogen (secondary N) is 2. The maximum Gasteiger partial charge on any atom is 0.407 e. The Morgan fingerprint density at radius 3 is 2.95 bits per heavy atom. The van der Waals surface area contributed by atoms with Crippen molar-refractivity contribution in [1.29, 1.82) is 0 Å². The maximum absolute atomic E-state index is 9.24. The summed E-state index contributed by atoms with van der Waals surface area (Å²) in [4.78, 5) is 4.38. The van der Waals surface area contributed by atoms with E-state index in [1.165, 1.54) is 0 Å². The predicted octanol–water partition coefficient (Wildman–Crippen LogP) is 1.30. The standard InChI is InChI=1S/C14H22BN3O3/c1-9-13-12(8-20-14(3,4)21-13)11(6-16-9)7-17-10(2)18-15(5)19/h6,17-19H,2,7-8H2,1,3-5H3. The van der Waals surface area contributed by atoms with E-state index in [1.54, 1.807) is 6.82 Å². The van der Waals surface area contributed by atoms with Gasteiger partial charge in [0.05, 0.1) is 18.1 Å².